The van der Waals surface area contributed by atoms with Crippen molar-refractivity contribution in [2.45, 2.75) is 0 Å². The Hall–Kier alpha value is 0.700. The van der Waals surface area contributed by atoms with Crippen LogP contribution in [0.4, 0.5) is 0 Å². The first-order chi connectivity index (χ1) is 2.91. The summed E-state index contributed by atoms with van der Waals surface area (Å²) in [5.41, 5.74) is 0. The third-order valence-corrected chi connectivity index (χ3v) is 1.93. The summed E-state index contributed by atoms with van der Waals surface area (Å²) >= 11 is 6.40. The van der Waals surface area contributed by atoms with Gasteiger partial charge in [0, 0.05) is 10.7 Å². The Morgan fingerprint density at radius 1 is 1.00 bits per heavy atom. The minimum absolute atomic E-state index is 1.05. The van der Waals surface area contributed by atoms with Crippen LogP contribution in [0.25, 0.3) is 0 Å². The molecule has 0 rings (SSSR count). The summed E-state index contributed by atoms with van der Waals surface area (Å²) in [5, 5.41) is 2.10. The zero-order valence-electron chi connectivity index (χ0n) is 3.58. The maximum absolute atomic E-state index is 3.20. The van der Waals surface area contributed by atoms with Gasteiger partial charge in [-0.2, -0.15) is 0 Å². The van der Waals surface area contributed by atoms with E-state index in [1.54, 1.807) is 0 Å². The standard InChI is InChI=1S/C2H4Br2.C2H4/c3-1-2-4;1-2/h1-2H2;1-2H2. The van der Waals surface area contributed by atoms with Crippen molar-refractivity contribution in [3.8, 4) is 0 Å². The van der Waals surface area contributed by atoms with Crippen LogP contribution in [-0.2, 0) is 0 Å². The second kappa shape index (κ2) is 17.3. The number of alkyl halides is 2. The first kappa shape index (κ1) is 9.85. The lowest BCUT2D eigenvalue weighted by Gasteiger charge is -1.63. The van der Waals surface area contributed by atoms with Gasteiger partial charge < -0.3 is 0 Å². The summed E-state index contributed by atoms with van der Waals surface area (Å²) in [6, 6.07) is 0. The summed E-state index contributed by atoms with van der Waals surface area (Å²) in [5.74, 6) is 0. The highest BCUT2D eigenvalue weighted by Gasteiger charge is 1.60. The average molecular weight is 216 g/mol. The van der Waals surface area contributed by atoms with Crippen molar-refractivity contribution in [1.29, 1.82) is 0 Å². The zero-order chi connectivity index (χ0) is 5.41. The van der Waals surface area contributed by atoms with Gasteiger partial charge in [-0.05, 0) is 0 Å². The molecule has 0 bridgehead atoms. The lowest BCUT2D eigenvalue weighted by atomic mass is 11.0. The fourth-order valence-electron chi connectivity index (χ4n) is 0. The van der Waals surface area contributed by atoms with Crippen LogP contribution in [0.1, 0.15) is 0 Å². The highest BCUT2D eigenvalue weighted by Crippen LogP contribution is 1.82. The first-order valence-electron chi connectivity index (χ1n) is 1.53. The van der Waals surface area contributed by atoms with Gasteiger partial charge in [-0.3, -0.25) is 0 Å². The smallest absolute Gasteiger partial charge is 0.0129 e. The summed E-state index contributed by atoms with van der Waals surface area (Å²) in [6.45, 7) is 6.00. The van der Waals surface area contributed by atoms with Crippen LogP contribution < -0.4 is 0 Å². The van der Waals surface area contributed by atoms with Crippen molar-refractivity contribution < 1.29 is 0 Å². The molecule has 0 aliphatic carbocycles. The fraction of sp³-hybridized carbons (Fsp3) is 0.500. The molecule has 0 nitrogen and oxygen atoms in total. The van der Waals surface area contributed by atoms with Gasteiger partial charge in [-0.25, -0.2) is 0 Å². The quantitative estimate of drug-likeness (QED) is 0.466. The van der Waals surface area contributed by atoms with Crippen LogP contribution >= 0.6 is 31.9 Å². The van der Waals surface area contributed by atoms with Crippen LogP contribution in [0.5, 0.6) is 0 Å². The summed E-state index contributed by atoms with van der Waals surface area (Å²) in [6.07, 6.45) is 0. The van der Waals surface area contributed by atoms with Gasteiger partial charge in [0.05, 0.1) is 0 Å². The largest absolute Gasteiger partial charge is 0.106 e. The van der Waals surface area contributed by atoms with E-state index in [1.807, 2.05) is 0 Å². The van der Waals surface area contributed by atoms with Crippen LogP contribution in [0.2, 0.25) is 0 Å². The van der Waals surface area contributed by atoms with E-state index in [0.717, 1.165) is 10.7 Å². The number of halogens is 2. The molecule has 0 spiro atoms. The monoisotopic (exact) mass is 214 g/mol. The van der Waals surface area contributed by atoms with Crippen molar-refractivity contribution in [2.24, 2.45) is 0 Å². The Bertz CT molecular complexity index is 13.0. The molecule has 0 aromatic heterocycles. The minimum Gasteiger partial charge on any atom is -0.106 e. The molecule has 38 valence electrons. The third-order valence-electron chi connectivity index (χ3n) is 0.0714. The highest BCUT2D eigenvalue weighted by molar-refractivity contribution is 9.11. The van der Waals surface area contributed by atoms with E-state index in [9.17, 15) is 0 Å². The van der Waals surface area contributed by atoms with Crippen LogP contribution in [0.3, 0.4) is 0 Å². The van der Waals surface area contributed by atoms with Crippen LogP contribution in [0.15, 0.2) is 13.2 Å². The molecular formula is C4H8Br2. The minimum atomic E-state index is 1.05. The van der Waals surface area contributed by atoms with E-state index >= 15 is 0 Å². The lowest BCUT2D eigenvalue weighted by Crippen LogP contribution is -1.61. The van der Waals surface area contributed by atoms with E-state index < -0.39 is 0 Å². The van der Waals surface area contributed by atoms with Gasteiger partial charge in [-0.1, -0.05) is 31.9 Å². The maximum atomic E-state index is 3.20. The predicted octanol–water partition coefficient (Wildman–Crippen LogP) is 2.58. The number of hydrogen-bond donors (Lipinski definition) is 0. The van der Waals surface area contributed by atoms with Crippen molar-refractivity contribution in [3.05, 3.63) is 13.2 Å². The van der Waals surface area contributed by atoms with Gasteiger partial charge in [0.15, 0.2) is 0 Å². The SMILES string of the molecule is BrCCBr.C=C. The van der Waals surface area contributed by atoms with Gasteiger partial charge in [0.1, 0.15) is 0 Å². The van der Waals surface area contributed by atoms with Gasteiger partial charge >= 0.3 is 0 Å². The van der Waals surface area contributed by atoms with Gasteiger partial charge in [0.25, 0.3) is 0 Å². The second-order valence-electron chi connectivity index (χ2n) is 0.378. The normalized spacial score (nSPS) is 5.67. The predicted molar refractivity (Wildman–Crippen MR) is 38.8 cm³/mol. The molecule has 0 amide bonds. The third kappa shape index (κ3) is 22.3. The molecule has 0 N–H and O–H groups in total. The molecule has 0 atom stereocenters. The molecule has 0 radical (unpaired) electrons. The molecule has 0 fully saturated rings. The van der Waals surface area contributed by atoms with E-state index in [-0.39, 0.29) is 0 Å². The molecule has 0 aliphatic heterocycles. The lowest BCUT2D eigenvalue weighted by molar-refractivity contribution is 1.62. The summed E-state index contributed by atoms with van der Waals surface area (Å²) < 4.78 is 0. The van der Waals surface area contributed by atoms with Crippen molar-refractivity contribution in [2.75, 3.05) is 10.7 Å². The molecule has 6 heavy (non-hydrogen) atoms. The zero-order valence-corrected chi connectivity index (χ0v) is 6.76. The molecule has 0 unspecified atom stereocenters. The van der Waals surface area contributed by atoms with Crippen molar-refractivity contribution in [1.82, 2.24) is 0 Å². The Balaban J connectivity index is 0. The summed E-state index contributed by atoms with van der Waals surface area (Å²) in [7, 11) is 0. The molecule has 0 aliphatic rings. The number of hydrogen-bond acceptors (Lipinski definition) is 0. The number of rotatable bonds is 1. The van der Waals surface area contributed by atoms with Gasteiger partial charge in [0.2, 0.25) is 0 Å². The molecular weight excluding hydrogens is 208 g/mol. The van der Waals surface area contributed by atoms with Crippen molar-refractivity contribution >= 4 is 31.9 Å². The molecule has 0 heterocycles. The van der Waals surface area contributed by atoms with E-state index in [2.05, 4.69) is 45.0 Å². The highest BCUT2D eigenvalue weighted by atomic mass is 79.9. The maximum Gasteiger partial charge on any atom is 0.0129 e. The molecule has 0 saturated carbocycles. The molecule has 2 heteroatoms. The Kier molecular flexibility index (Phi) is 28.4. The Morgan fingerprint density at radius 3 is 1.17 bits per heavy atom. The Labute approximate surface area is 55.9 Å². The Morgan fingerprint density at radius 2 is 1.17 bits per heavy atom. The van der Waals surface area contributed by atoms with Gasteiger partial charge in [-0.15, -0.1) is 13.2 Å². The van der Waals surface area contributed by atoms with E-state index in [0.29, 0.717) is 0 Å². The van der Waals surface area contributed by atoms with Crippen molar-refractivity contribution in [3.63, 3.8) is 0 Å². The molecule has 0 aromatic carbocycles. The second-order valence-corrected chi connectivity index (χ2v) is 1.96. The average Bonchev–Trinajstić information content (AvgIpc) is 1.72. The molecule has 0 aromatic rings. The topological polar surface area (TPSA) is 0 Å². The van der Waals surface area contributed by atoms with Crippen LogP contribution in [-0.4, -0.2) is 10.7 Å². The van der Waals surface area contributed by atoms with E-state index in [1.165, 1.54) is 0 Å². The molecule has 0 saturated heterocycles. The first-order valence-corrected chi connectivity index (χ1v) is 3.78. The van der Waals surface area contributed by atoms with E-state index in [4.69, 9.17) is 0 Å². The fourth-order valence-corrected chi connectivity index (χ4v) is 0. The summed E-state index contributed by atoms with van der Waals surface area (Å²) in [4.78, 5) is 0. The van der Waals surface area contributed by atoms with Crippen LogP contribution in [0, 0.1) is 0 Å².